The van der Waals surface area contributed by atoms with Gasteiger partial charge in [-0.3, -0.25) is 9.59 Å². The molecule has 0 saturated carbocycles. The first kappa shape index (κ1) is 16.7. The summed E-state index contributed by atoms with van der Waals surface area (Å²) in [5.74, 6) is -0.404. The van der Waals surface area contributed by atoms with Gasteiger partial charge in [0.2, 0.25) is 11.8 Å². The summed E-state index contributed by atoms with van der Waals surface area (Å²) in [6, 6.07) is 8.82. The van der Waals surface area contributed by atoms with E-state index in [2.05, 4.69) is 12.2 Å². The van der Waals surface area contributed by atoms with Crippen LogP contribution in [0.25, 0.3) is 0 Å². The van der Waals surface area contributed by atoms with E-state index in [1.165, 1.54) is 11.8 Å². The van der Waals surface area contributed by atoms with Crippen LogP contribution in [0.5, 0.6) is 0 Å². The minimum atomic E-state index is -0.288. The Balaban J connectivity index is 2.62. The molecule has 1 rings (SSSR count). The quantitative estimate of drug-likeness (QED) is 0.783. The maximum absolute atomic E-state index is 12.0. The second kappa shape index (κ2) is 8.75. The van der Waals surface area contributed by atoms with Crippen LogP contribution in [-0.4, -0.2) is 29.8 Å². The monoisotopic (exact) mass is 287 g/mol. The van der Waals surface area contributed by atoms with Gasteiger partial charge in [-0.05, 0) is 18.6 Å². The summed E-state index contributed by atoms with van der Waals surface area (Å²) in [6.07, 6.45) is 2.98. The highest BCUT2D eigenvalue weighted by molar-refractivity contribution is 5.95. The fourth-order valence-corrected chi connectivity index (χ4v) is 1.95. The molecule has 112 valence electrons. The summed E-state index contributed by atoms with van der Waals surface area (Å²) in [6.45, 7) is 4.14. The van der Waals surface area contributed by atoms with E-state index in [4.69, 9.17) is 5.26 Å². The lowest BCUT2D eigenvalue weighted by molar-refractivity contribution is -0.132. The maximum atomic E-state index is 12.0. The van der Waals surface area contributed by atoms with Gasteiger partial charge in [-0.1, -0.05) is 31.9 Å². The number of nitrogens with one attached hydrogen (secondary N) is 1. The van der Waals surface area contributed by atoms with Crippen molar-refractivity contribution in [3.63, 3.8) is 0 Å². The van der Waals surface area contributed by atoms with Crippen molar-refractivity contribution in [3.05, 3.63) is 29.8 Å². The fraction of sp³-hybridized carbons (Fsp3) is 0.438. The number of para-hydroxylation sites is 1. The average Bonchev–Trinajstić information content (AvgIpc) is 2.46. The van der Waals surface area contributed by atoms with Gasteiger partial charge in [0.15, 0.2) is 0 Å². The van der Waals surface area contributed by atoms with Crippen LogP contribution in [0, 0.1) is 11.3 Å². The summed E-state index contributed by atoms with van der Waals surface area (Å²) in [5.41, 5.74) is 0.883. The third-order valence-corrected chi connectivity index (χ3v) is 3.13. The van der Waals surface area contributed by atoms with E-state index in [1.807, 2.05) is 6.07 Å². The highest BCUT2D eigenvalue weighted by atomic mass is 16.2. The fourth-order valence-electron chi connectivity index (χ4n) is 1.95. The molecule has 0 aromatic heterocycles. The largest absolute Gasteiger partial charge is 0.334 e. The summed E-state index contributed by atoms with van der Waals surface area (Å²) in [7, 11) is 0. The number of nitrogens with zero attached hydrogens (tertiary/aromatic N) is 2. The lowest BCUT2D eigenvalue weighted by Crippen LogP contribution is -2.37. The number of unbranched alkanes of at least 4 members (excludes halogenated alkanes) is 2. The standard InChI is InChI=1S/C16H21N3O2/c1-3-4-7-10-19(13(2)20)12-16(21)18-15-9-6-5-8-14(15)11-17/h5-6,8-9H,3-4,7,10,12H2,1-2H3,(H,18,21). The van der Waals surface area contributed by atoms with Crippen molar-refractivity contribution in [2.45, 2.75) is 33.1 Å². The van der Waals surface area contributed by atoms with Gasteiger partial charge >= 0.3 is 0 Å². The Kier molecular flexibility index (Phi) is 6.96. The van der Waals surface area contributed by atoms with Crippen molar-refractivity contribution in [2.24, 2.45) is 0 Å². The minimum Gasteiger partial charge on any atom is -0.334 e. The molecule has 0 atom stereocenters. The molecular weight excluding hydrogens is 266 g/mol. The van der Waals surface area contributed by atoms with E-state index in [0.717, 1.165) is 19.3 Å². The number of nitriles is 1. The summed E-state index contributed by atoms with van der Waals surface area (Å²) >= 11 is 0. The van der Waals surface area contributed by atoms with Crippen molar-refractivity contribution >= 4 is 17.5 Å². The molecule has 21 heavy (non-hydrogen) atoms. The molecule has 1 N–H and O–H groups in total. The first-order valence-electron chi connectivity index (χ1n) is 7.13. The second-order valence-electron chi connectivity index (χ2n) is 4.85. The first-order valence-corrected chi connectivity index (χ1v) is 7.13. The number of anilines is 1. The number of benzene rings is 1. The number of hydrogen-bond donors (Lipinski definition) is 1. The van der Waals surface area contributed by atoms with E-state index < -0.39 is 0 Å². The zero-order valence-corrected chi connectivity index (χ0v) is 12.6. The molecule has 0 aliphatic carbocycles. The Bertz CT molecular complexity index is 535. The molecule has 1 aromatic carbocycles. The zero-order chi connectivity index (χ0) is 15.7. The van der Waals surface area contributed by atoms with E-state index >= 15 is 0 Å². The highest BCUT2D eigenvalue weighted by Crippen LogP contribution is 2.13. The predicted molar refractivity (Wildman–Crippen MR) is 81.6 cm³/mol. The smallest absolute Gasteiger partial charge is 0.244 e. The number of carbonyl (C=O) groups is 2. The lowest BCUT2D eigenvalue weighted by Gasteiger charge is -2.20. The highest BCUT2D eigenvalue weighted by Gasteiger charge is 2.14. The van der Waals surface area contributed by atoms with Gasteiger partial charge in [0, 0.05) is 13.5 Å². The third-order valence-electron chi connectivity index (χ3n) is 3.13. The van der Waals surface area contributed by atoms with E-state index in [0.29, 0.717) is 17.8 Å². The van der Waals surface area contributed by atoms with Gasteiger partial charge in [-0.15, -0.1) is 0 Å². The van der Waals surface area contributed by atoms with Gasteiger partial charge < -0.3 is 10.2 Å². The number of rotatable bonds is 7. The molecule has 5 nitrogen and oxygen atoms in total. The Morgan fingerprint density at radius 2 is 2.00 bits per heavy atom. The molecule has 5 heteroatoms. The van der Waals surface area contributed by atoms with Crippen LogP contribution in [0.3, 0.4) is 0 Å². The molecular formula is C16H21N3O2. The average molecular weight is 287 g/mol. The van der Waals surface area contributed by atoms with Crippen LogP contribution in [0.15, 0.2) is 24.3 Å². The van der Waals surface area contributed by atoms with Crippen LogP contribution in [0.1, 0.15) is 38.7 Å². The molecule has 0 fully saturated rings. The van der Waals surface area contributed by atoms with Crippen LogP contribution in [0.2, 0.25) is 0 Å². The molecule has 0 aliphatic heterocycles. The lowest BCUT2D eigenvalue weighted by atomic mass is 10.2. The second-order valence-corrected chi connectivity index (χ2v) is 4.85. The van der Waals surface area contributed by atoms with E-state index in [1.54, 1.807) is 24.3 Å². The van der Waals surface area contributed by atoms with Crippen molar-refractivity contribution in [1.29, 1.82) is 5.26 Å². The molecule has 0 aliphatic rings. The van der Waals surface area contributed by atoms with Crippen molar-refractivity contribution in [1.82, 2.24) is 4.90 Å². The van der Waals surface area contributed by atoms with Crippen molar-refractivity contribution in [2.75, 3.05) is 18.4 Å². The molecule has 0 saturated heterocycles. The Morgan fingerprint density at radius 1 is 1.29 bits per heavy atom. The molecule has 0 heterocycles. The van der Waals surface area contributed by atoms with Crippen LogP contribution < -0.4 is 5.32 Å². The molecule has 1 aromatic rings. The summed E-state index contributed by atoms with van der Waals surface area (Å²) in [5, 5.41) is 11.7. The SMILES string of the molecule is CCCCCN(CC(=O)Nc1ccccc1C#N)C(C)=O. The van der Waals surface area contributed by atoms with Gasteiger partial charge in [-0.2, -0.15) is 5.26 Å². The number of hydrogen-bond acceptors (Lipinski definition) is 3. The Morgan fingerprint density at radius 3 is 2.62 bits per heavy atom. The van der Waals surface area contributed by atoms with Crippen LogP contribution in [0.4, 0.5) is 5.69 Å². The summed E-state index contributed by atoms with van der Waals surface area (Å²) < 4.78 is 0. The molecule has 0 radical (unpaired) electrons. The third kappa shape index (κ3) is 5.65. The normalized spacial score (nSPS) is 9.76. The number of carbonyl (C=O) groups excluding carboxylic acids is 2. The number of amides is 2. The predicted octanol–water partition coefficient (Wildman–Crippen LogP) is 2.54. The van der Waals surface area contributed by atoms with Crippen molar-refractivity contribution in [3.8, 4) is 6.07 Å². The van der Waals surface area contributed by atoms with E-state index in [-0.39, 0.29) is 18.4 Å². The topological polar surface area (TPSA) is 73.2 Å². The zero-order valence-electron chi connectivity index (χ0n) is 12.6. The first-order chi connectivity index (χ1) is 10.1. The van der Waals surface area contributed by atoms with Crippen LogP contribution in [-0.2, 0) is 9.59 Å². The van der Waals surface area contributed by atoms with Gasteiger partial charge in [0.25, 0.3) is 0 Å². The van der Waals surface area contributed by atoms with Gasteiger partial charge in [0.1, 0.15) is 6.07 Å². The molecule has 0 bridgehead atoms. The van der Waals surface area contributed by atoms with Gasteiger partial charge in [-0.25, -0.2) is 0 Å². The van der Waals surface area contributed by atoms with Crippen molar-refractivity contribution < 1.29 is 9.59 Å². The summed E-state index contributed by atoms with van der Waals surface area (Å²) in [4.78, 5) is 25.1. The Labute approximate surface area is 125 Å². The van der Waals surface area contributed by atoms with Gasteiger partial charge in [0.05, 0.1) is 17.8 Å². The van der Waals surface area contributed by atoms with Crippen LogP contribution >= 0.6 is 0 Å². The molecule has 2 amide bonds. The van der Waals surface area contributed by atoms with E-state index in [9.17, 15) is 9.59 Å². The molecule has 0 unspecified atom stereocenters. The Hall–Kier alpha value is -2.35. The maximum Gasteiger partial charge on any atom is 0.244 e. The minimum absolute atomic E-state index is 0.0127. The molecule has 0 spiro atoms.